The van der Waals surface area contributed by atoms with Crippen molar-refractivity contribution >= 4 is 23.3 Å². The smallest absolute Gasteiger partial charge is 0.182 e. The molecular weight excluding hydrogens is 278 g/mol. The van der Waals surface area contributed by atoms with Gasteiger partial charge in [0.1, 0.15) is 6.07 Å². The normalized spacial score (nSPS) is 11.0. The van der Waals surface area contributed by atoms with Crippen LogP contribution >= 0.6 is 12.2 Å². The van der Waals surface area contributed by atoms with Crippen LogP contribution < -0.4 is 0 Å². The lowest BCUT2D eigenvalue weighted by Crippen LogP contribution is -1.95. The van der Waals surface area contributed by atoms with E-state index in [2.05, 4.69) is 49.2 Å². The van der Waals surface area contributed by atoms with Crippen molar-refractivity contribution in [1.29, 1.82) is 5.26 Å². The highest BCUT2D eigenvalue weighted by molar-refractivity contribution is 7.71. The average molecular weight is 293 g/mol. The number of hydrogen-bond acceptors (Lipinski definition) is 2. The maximum atomic E-state index is 9.19. The first kappa shape index (κ1) is 13.6. The summed E-state index contributed by atoms with van der Waals surface area (Å²) in [5.74, 6) is 0.500. The monoisotopic (exact) mass is 293 g/mol. The van der Waals surface area contributed by atoms with Gasteiger partial charge in [-0.05, 0) is 48.0 Å². The summed E-state index contributed by atoms with van der Waals surface area (Å²) in [5, 5.41) is 9.19. The molecule has 0 saturated carbocycles. The van der Waals surface area contributed by atoms with Gasteiger partial charge in [0, 0.05) is 5.69 Å². The standard InChI is InChI=1S/C17H15N3S/c1-11(2)12-6-8-14(9-7-12)20-15-5-3-4-13(10-18)16(15)19-17(20)21/h3-9,11H,1-2H3,(H,19,21). The fourth-order valence-electron chi connectivity index (χ4n) is 2.49. The maximum absolute atomic E-state index is 9.19. The predicted molar refractivity (Wildman–Crippen MR) is 87.3 cm³/mol. The number of aromatic amines is 1. The van der Waals surface area contributed by atoms with E-state index in [1.54, 1.807) is 6.07 Å². The van der Waals surface area contributed by atoms with E-state index in [0.29, 0.717) is 16.3 Å². The summed E-state index contributed by atoms with van der Waals surface area (Å²) in [4.78, 5) is 3.14. The number of hydrogen-bond donors (Lipinski definition) is 1. The number of nitrogens with one attached hydrogen (secondary N) is 1. The Hall–Kier alpha value is -2.38. The molecule has 1 N–H and O–H groups in total. The third-order valence-electron chi connectivity index (χ3n) is 3.66. The van der Waals surface area contributed by atoms with Gasteiger partial charge in [-0.2, -0.15) is 5.26 Å². The molecule has 0 spiro atoms. The molecule has 0 saturated heterocycles. The van der Waals surface area contributed by atoms with Crippen molar-refractivity contribution in [3.8, 4) is 11.8 Å². The number of rotatable bonds is 2. The minimum Gasteiger partial charge on any atom is -0.329 e. The molecule has 0 bridgehead atoms. The highest BCUT2D eigenvalue weighted by Gasteiger charge is 2.10. The molecule has 0 aliphatic carbocycles. The van der Waals surface area contributed by atoms with Crippen LogP contribution in [0.2, 0.25) is 0 Å². The summed E-state index contributed by atoms with van der Waals surface area (Å²) < 4.78 is 2.57. The Kier molecular flexibility index (Phi) is 3.36. The largest absolute Gasteiger partial charge is 0.329 e. The van der Waals surface area contributed by atoms with Crippen LogP contribution in [0.4, 0.5) is 0 Å². The van der Waals surface area contributed by atoms with Gasteiger partial charge < -0.3 is 4.98 Å². The molecular formula is C17H15N3S. The highest BCUT2D eigenvalue weighted by Crippen LogP contribution is 2.23. The first-order valence-electron chi connectivity index (χ1n) is 6.86. The molecule has 3 rings (SSSR count). The maximum Gasteiger partial charge on any atom is 0.182 e. The van der Waals surface area contributed by atoms with Gasteiger partial charge >= 0.3 is 0 Å². The lowest BCUT2D eigenvalue weighted by molar-refractivity contribution is 0.865. The number of H-pyrrole nitrogens is 1. The van der Waals surface area contributed by atoms with E-state index in [1.807, 2.05) is 16.7 Å². The number of para-hydroxylation sites is 1. The van der Waals surface area contributed by atoms with Crippen molar-refractivity contribution < 1.29 is 0 Å². The van der Waals surface area contributed by atoms with Crippen LogP contribution in [0.1, 0.15) is 30.9 Å². The lowest BCUT2D eigenvalue weighted by atomic mass is 10.0. The Balaban J connectivity index is 2.23. The number of imidazole rings is 1. The minimum absolute atomic E-state index is 0.500. The molecule has 0 radical (unpaired) electrons. The third kappa shape index (κ3) is 2.26. The molecule has 2 aromatic carbocycles. The second-order valence-electron chi connectivity index (χ2n) is 5.32. The molecule has 21 heavy (non-hydrogen) atoms. The van der Waals surface area contributed by atoms with Crippen LogP contribution in [-0.4, -0.2) is 9.55 Å². The molecule has 104 valence electrons. The summed E-state index contributed by atoms with van der Waals surface area (Å²) >= 11 is 5.42. The van der Waals surface area contributed by atoms with E-state index in [-0.39, 0.29) is 0 Å². The summed E-state index contributed by atoms with van der Waals surface area (Å²) in [5.41, 5.74) is 4.62. The van der Waals surface area contributed by atoms with Crippen molar-refractivity contribution in [3.63, 3.8) is 0 Å². The molecule has 0 atom stereocenters. The third-order valence-corrected chi connectivity index (χ3v) is 3.94. The fourth-order valence-corrected chi connectivity index (χ4v) is 2.79. The van der Waals surface area contributed by atoms with Gasteiger partial charge in [0.15, 0.2) is 4.77 Å². The Morgan fingerprint density at radius 2 is 1.86 bits per heavy atom. The van der Waals surface area contributed by atoms with Crippen LogP contribution in [0.25, 0.3) is 16.7 Å². The second kappa shape index (κ2) is 5.19. The predicted octanol–water partition coefficient (Wildman–Crippen LogP) is 4.68. The van der Waals surface area contributed by atoms with Gasteiger partial charge in [-0.25, -0.2) is 0 Å². The zero-order valence-electron chi connectivity index (χ0n) is 11.9. The van der Waals surface area contributed by atoms with Gasteiger partial charge in [0.05, 0.1) is 16.6 Å². The van der Waals surface area contributed by atoms with Gasteiger partial charge in [0.2, 0.25) is 0 Å². The molecule has 1 heterocycles. The van der Waals surface area contributed by atoms with E-state index in [9.17, 15) is 5.26 Å². The molecule has 0 fully saturated rings. The topological polar surface area (TPSA) is 44.5 Å². The summed E-state index contributed by atoms with van der Waals surface area (Å²) in [7, 11) is 0. The molecule has 4 heteroatoms. The van der Waals surface area contributed by atoms with Crippen LogP contribution in [0.15, 0.2) is 42.5 Å². The summed E-state index contributed by atoms with van der Waals surface area (Å²) in [6, 6.07) is 16.2. The van der Waals surface area contributed by atoms with Gasteiger partial charge in [-0.1, -0.05) is 32.0 Å². The average Bonchev–Trinajstić information content (AvgIpc) is 2.83. The highest BCUT2D eigenvalue weighted by atomic mass is 32.1. The van der Waals surface area contributed by atoms with E-state index in [1.165, 1.54) is 5.56 Å². The van der Waals surface area contributed by atoms with Crippen molar-refractivity contribution in [1.82, 2.24) is 9.55 Å². The summed E-state index contributed by atoms with van der Waals surface area (Å²) in [6.07, 6.45) is 0. The van der Waals surface area contributed by atoms with Crippen molar-refractivity contribution in [2.24, 2.45) is 0 Å². The zero-order valence-corrected chi connectivity index (χ0v) is 12.7. The number of fused-ring (bicyclic) bond motifs is 1. The van der Waals surface area contributed by atoms with Gasteiger partial charge in [0.25, 0.3) is 0 Å². The molecule has 0 amide bonds. The molecule has 0 unspecified atom stereocenters. The van der Waals surface area contributed by atoms with Crippen LogP contribution in [-0.2, 0) is 0 Å². The fraction of sp³-hybridized carbons (Fsp3) is 0.176. The Labute approximate surface area is 128 Å². The second-order valence-corrected chi connectivity index (χ2v) is 5.71. The van der Waals surface area contributed by atoms with E-state index in [0.717, 1.165) is 16.7 Å². The van der Waals surface area contributed by atoms with Crippen LogP contribution in [0.3, 0.4) is 0 Å². The van der Waals surface area contributed by atoms with E-state index < -0.39 is 0 Å². The Morgan fingerprint density at radius 3 is 2.48 bits per heavy atom. The lowest BCUT2D eigenvalue weighted by Gasteiger charge is -2.08. The molecule has 0 aliphatic heterocycles. The SMILES string of the molecule is CC(C)c1ccc(-n2c(=S)[nH]c3c(C#N)cccc32)cc1. The number of aromatic nitrogens is 2. The molecule has 0 aliphatic rings. The van der Waals surface area contributed by atoms with Crippen molar-refractivity contribution in [2.45, 2.75) is 19.8 Å². The quantitative estimate of drug-likeness (QED) is 0.697. The van der Waals surface area contributed by atoms with E-state index in [4.69, 9.17) is 12.2 Å². The summed E-state index contributed by atoms with van der Waals surface area (Å²) in [6.45, 7) is 4.34. The zero-order chi connectivity index (χ0) is 15.0. The van der Waals surface area contributed by atoms with Gasteiger partial charge in [-0.3, -0.25) is 4.57 Å². The Bertz CT molecular complexity index is 892. The van der Waals surface area contributed by atoms with Crippen LogP contribution in [0.5, 0.6) is 0 Å². The number of benzene rings is 2. The van der Waals surface area contributed by atoms with Gasteiger partial charge in [-0.15, -0.1) is 0 Å². The number of nitriles is 1. The van der Waals surface area contributed by atoms with E-state index >= 15 is 0 Å². The molecule has 3 aromatic rings. The van der Waals surface area contributed by atoms with Crippen molar-refractivity contribution in [3.05, 3.63) is 58.4 Å². The van der Waals surface area contributed by atoms with Crippen molar-refractivity contribution in [2.75, 3.05) is 0 Å². The first-order chi connectivity index (χ1) is 10.1. The Morgan fingerprint density at radius 1 is 1.14 bits per heavy atom. The number of nitrogens with zero attached hydrogens (tertiary/aromatic N) is 2. The van der Waals surface area contributed by atoms with Crippen LogP contribution in [0, 0.1) is 16.1 Å². The first-order valence-corrected chi connectivity index (χ1v) is 7.27. The minimum atomic E-state index is 0.500. The molecule has 1 aromatic heterocycles. The molecule has 3 nitrogen and oxygen atoms in total.